The first-order valence-corrected chi connectivity index (χ1v) is 9.44. The van der Waals surface area contributed by atoms with Gasteiger partial charge in [0.1, 0.15) is 12.4 Å². The molecule has 2 saturated heterocycles. The van der Waals surface area contributed by atoms with Crippen molar-refractivity contribution >= 4 is 18.3 Å². The number of hydrogen-bond donors (Lipinski definition) is 1. The Morgan fingerprint density at radius 3 is 2.59 bits per heavy atom. The molecule has 0 radical (unpaired) electrons. The number of halogens is 1. The van der Waals surface area contributed by atoms with E-state index in [1.807, 2.05) is 41.3 Å². The largest absolute Gasteiger partial charge is 0.489 e. The number of carbonyl (C=O) groups excluding carboxylic acids is 1. The smallest absolute Gasteiger partial charge is 0.227 e. The highest BCUT2D eigenvalue weighted by Crippen LogP contribution is 2.27. The molecule has 0 saturated carbocycles. The number of aryl methyl sites for hydroxylation is 1. The third kappa shape index (κ3) is 4.63. The molecule has 0 bridgehead atoms. The van der Waals surface area contributed by atoms with E-state index in [9.17, 15) is 4.79 Å². The van der Waals surface area contributed by atoms with Crippen LogP contribution in [-0.4, -0.2) is 37.0 Å². The summed E-state index contributed by atoms with van der Waals surface area (Å²) in [4.78, 5) is 14.7. The normalized spacial score (nSPS) is 20.9. The lowest BCUT2D eigenvalue weighted by molar-refractivity contribution is -0.129. The molecule has 0 spiro atoms. The monoisotopic (exact) mass is 386 g/mol. The summed E-state index contributed by atoms with van der Waals surface area (Å²) in [6.07, 6.45) is 0.453. The van der Waals surface area contributed by atoms with Gasteiger partial charge in [-0.15, -0.1) is 12.4 Å². The fraction of sp³-hybridized carbons (Fsp3) is 0.409. The van der Waals surface area contributed by atoms with Crippen molar-refractivity contribution in [2.75, 3.05) is 26.2 Å². The Hall–Kier alpha value is -2.04. The minimum Gasteiger partial charge on any atom is -0.489 e. The SMILES string of the molecule is Cc1ccccc1COc1cccc(CC(=O)N2C[C@H]3CNC[C@H]3C2)c1.Cl. The van der Waals surface area contributed by atoms with Crippen molar-refractivity contribution in [1.29, 1.82) is 0 Å². The maximum absolute atomic E-state index is 12.6. The minimum absolute atomic E-state index is 0. The van der Waals surface area contributed by atoms with Gasteiger partial charge in [0.25, 0.3) is 0 Å². The quantitative estimate of drug-likeness (QED) is 0.857. The number of ether oxygens (including phenoxy) is 1. The van der Waals surface area contributed by atoms with Gasteiger partial charge in [-0.05, 0) is 47.6 Å². The molecule has 2 atom stereocenters. The van der Waals surface area contributed by atoms with Crippen molar-refractivity contribution in [3.63, 3.8) is 0 Å². The fourth-order valence-electron chi connectivity index (χ4n) is 4.02. The van der Waals surface area contributed by atoms with Crippen LogP contribution in [0.1, 0.15) is 16.7 Å². The predicted octanol–water partition coefficient (Wildman–Crippen LogP) is 3.22. The van der Waals surface area contributed by atoms with Gasteiger partial charge in [0, 0.05) is 26.2 Å². The Balaban J connectivity index is 0.00000210. The summed E-state index contributed by atoms with van der Waals surface area (Å²) in [5, 5.41) is 3.42. The van der Waals surface area contributed by atoms with Crippen LogP contribution in [0.5, 0.6) is 5.75 Å². The Bertz CT molecular complexity index is 783. The third-order valence-electron chi connectivity index (χ3n) is 5.65. The van der Waals surface area contributed by atoms with Gasteiger partial charge in [-0.25, -0.2) is 0 Å². The summed E-state index contributed by atoms with van der Waals surface area (Å²) in [5.74, 6) is 2.34. The first kappa shape index (κ1) is 19.7. The van der Waals surface area contributed by atoms with Crippen LogP contribution in [0.25, 0.3) is 0 Å². The van der Waals surface area contributed by atoms with Crippen LogP contribution >= 0.6 is 12.4 Å². The first-order valence-electron chi connectivity index (χ1n) is 9.44. The van der Waals surface area contributed by atoms with Gasteiger partial charge in [-0.3, -0.25) is 4.79 Å². The highest BCUT2D eigenvalue weighted by Gasteiger charge is 2.37. The molecule has 1 N–H and O–H groups in total. The number of nitrogens with one attached hydrogen (secondary N) is 1. The van der Waals surface area contributed by atoms with Gasteiger partial charge in [0.15, 0.2) is 0 Å². The van der Waals surface area contributed by atoms with Gasteiger partial charge in [0.2, 0.25) is 5.91 Å². The predicted molar refractivity (Wildman–Crippen MR) is 109 cm³/mol. The van der Waals surface area contributed by atoms with Crippen LogP contribution < -0.4 is 10.1 Å². The van der Waals surface area contributed by atoms with Gasteiger partial charge in [-0.2, -0.15) is 0 Å². The van der Waals surface area contributed by atoms with E-state index in [1.165, 1.54) is 11.1 Å². The van der Waals surface area contributed by atoms with E-state index < -0.39 is 0 Å². The highest BCUT2D eigenvalue weighted by atomic mass is 35.5. The number of hydrogen-bond acceptors (Lipinski definition) is 3. The molecule has 4 nitrogen and oxygen atoms in total. The van der Waals surface area contributed by atoms with Crippen LogP contribution in [-0.2, 0) is 17.8 Å². The summed E-state index contributed by atoms with van der Waals surface area (Å²) >= 11 is 0. The van der Waals surface area contributed by atoms with Crippen molar-refractivity contribution in [2.24, 2.45) is 11.8 Å². The lowest BCUT2D eigenvalue weighted by atomic mass is 10.0. The summed E-state index contributed by atoms with van der Waals surface area (Å²) in [5.41, 5.74) is 3.44. The van der Waals surface area contributed by atoms with E-state index in [1.54, 1.807) is 0 Å². The molecule has 5 heteroatoms. The number of rotatable bonds is 5. The fourth-order valence-corrected chi connectivity index (χ4v) is 4.02. The van der Waals surface area contributed by atoms with Crippen LogP contribution in [0, 0.1) is 18.8 Å². The molecule has 4 rings (SSSR count). The highest BCUT2D eigenvalue weighted by molar-refractivity contribution is 5.85. The average Bonchev–Trinajstić information content (AvgIpc) is 3.23. The maximum Gasteiger partial charge on any atom is 0.227 e. The lowest BCUT2D eigenvalue weighted by Crippen LogP contribution is -2.32. The zero-order valence-corrected chi connectivity index (χ0v) is 16.5. The van der Waals surface area contributed by atoms with Gasteiger partial charge in [-0.1, -0.05) is 36.4 Å². The Kier molecular flexibility index (Phi) is 6.40. The number of amides is 1. The van der Waals surface area contributed by atoms with E-state index in [0.29, 0.717) is 24.9 Å². The number of carbonyl (C=O) groups is 1. The van der Waals surface area contributed by atoms with E-state index in [0.717, 1.165) is 37.5 Å². The summed E-state index contributed by atoms with van der Waals surface area (Å²) in [6.45, 7) is 6.55. The number of nitrogens with zero attached hydrogens (tertiary/aromatic N) is 1. The molecule has 0 aliphatic carbocycles. The van der Waals surface area contributed by atoms with Crippen LogP contribution in [0.15, 0.2) is 48.5 Å². The Morgan fingerprint density at radius 1 is 1.11 bits per heavy atom. The molecule has 144 valence electrons. The number of fused-ring (bicyclic) bond motifs is 1. The summed E-state index contributed by atoms with van der Waals surface area (Å²) < 4.78 is 5.95. The average molecular weight is 387 g/mol. The minimum atomic E-state index is 0. The lowest BCUT2D eigenvalue weighted by Gasteiger charge is -2.18. The molecule has 0 aromatic heterocycles. The molecule has 2 aliphatic heterocycles. The molecule has 2 aromatic rings. The second-order valence-electron chi connectivity index (χ2n) is 7.52. The van der Waals surface area contributed by atoms with Crippen molar-refractivity contribution in [3.8, 4) is 5.75 Å². The molecule has 2 fully saturated rings. The molecule has 0 unspecified atom stereocenters. The van der Waals surface area contributed by atoms with Crippen molar-refractivity contribution in [2.45, 2.75) is 20.0 Å². The van der Waals surface area contributed by atoms with Gasteiger partial charge < -0.3 is 15.0 Å². The topological polar surface area (TPSA) is 41.6 Å². The molecule has 27 heavy (non-hydrogen) atoms. The van der Waals surface area contributed by atoms with Crippen molar-refractivity contribution < 1.29 is 9.53 Å². The second kappa shape index (κ2) is 8.77. The molecule has 1 amide bonds. The van der Waals surface area contributed by atoms with Crippen LogP contribution in [0.2, 0.25) is 0 Å². The van der Waals surface area contributed by atoms with E-state index in [2.05, 4.69) is 24.4 Å². The molecule has 2 aliphatic rings. The Morgan fingerprint density at radius 2 is 1.85 bits per heavy atom. The molecular formula is C22H27ClN2O2. The summed E-state index contributed by atoms with van der Waals surface area (Å²) in [6, 6.07) is 16.2. The standard InChI is InChI=1S/C22H26N2O2.ClH/c1-16-5-2-3-7-18(16)15-26-21-8-4-6-17(9-21)10-22(25)24-13-19-11-23-12-20(19)14-24;/h2-9,19-20,23H,10-15H2,1H3;1H/t19-,20+;. The molecular weight excluding hydrogens is 360 g/mol. The Labute approximate surface area is 167 Å². The zero-order valence-electron chi connectivity index (χ0n) is 15.7. The van der Waals surface area contributed by atoms with E-state index >= 15 is 0 Å². The number of likely N-dealkylation sites (tertiary alicyclic amines) is 1. The van der Waals surface area contributed by atoms with E-state index in [-0.39, 0.29) is 18.3 Å². The van der Waals surface area contributed by atoms with Gasteiger partial charge in [0.05, 0.1) is 6.42 Å². The third-order valence-corrected chi connectivity index (χ3v) is 5.65. The number of benzene rings is 2. The first-order chi connectivity index (χ1) is 12.7. The second-order valence-corrected chi connectivity index (χ2v) is 7.52. The molecule has 2 heterocycles. The zero-order chi connectivity index (χ0) is 17.9. The van der Waals surface area contributed by atoms with Crippen LogP contribution in [0.4, 0.5) is 0 Å². The van der Waals surface area contributed by atoms with Gasteiger partial charge >= 0.3 is 0 Å². The van der Waals surface area contributed by atoms with E-state index in [4.69, 9.17) is 4.74 Å². The molecule has 2 aromatic carbocycles. The van der Waals surface area contributed by atoms with Crippen molar-refractivity contribution in [1.82, 2.24) is 10.2 Å². The van der Waals surface area contributed by atoms with Crippen molar-refractivity contribution in [3.05, 3.63) is 65.2 Å². The van der Waals surface area contributed by atoms with Crippen LogP contribution in [0.3, 0.4) is 0 Å². The summed E-state index contributed by atoms with van der Waals surface area (Å²) in [7, 11) is 0. The maximum atomic E-state index is 12.6.